The van der Waals surface area contributed by atoms with E-state index in [0.29, 0.717) is 47.3 Å². The minimum atomic E-state index is -0.795. The number of allylic oxidation sites excluding steroid dienone is 1. The van der Waals surface area contributed by atoms with Gasteiger partial charge in [0.2, 0.25) is 6.79 Å². The number of urea groups is 1. The molecular weight excluding hydrogens is 524 g/mol. The molecule has 5 rings (SSSR count). The van der Waals surface area contributed by atoms with Crippen LogP contribution in [0.25, 0.3) is 6.08 Å². The number of rotatable bonds is 9. The molecule has 0 saturated carbocycles. The molecule has 0 atom stereocenters. The molecule has 0 bridgehead atoms. The molecule has 2 aliphatic rings. The number of benzene rings is 3. The largest absolute Gasteiger partial charge is 0.490 e. The van der Waals surface area contributed by atoms with E-state index in [1.54, 1.807) is 24.3 Å². The van der Waals surface area contributed by atoms with Gasteiger partial charge in [-0.25, -0.2) is 9.69 Å². The highest BCUT2D eigenvalue weighted by Gasteiger charge is 2.37. The number of aryl methyl sites for hydroxylation is 2. The SMILES string of the molecule is C=CCc1cc(/C=C2\C(=O)NC(=O)N(c3cc(C)cc(C)c3)C2=O)cc(OCC)c1OCc1ccc2c(c1)OCO2. The minimum absolute atomic E-state index is 0.176. The highest BCUT2D eigenvalue weighted by atomic mass is 16.7. The van der Waals surface area contributed by atoms with Gasteiger partial charge in [0.1, 0.15) is 12.2 Å². The Morgan fingerprint density at radius 3 is 2.46 bits per heavy atom. The van der Waals surface area contributed by atoms with E-state index in [1.807, 2.05) is 51.1 Å². The predicted octanol–water partition coefficient (Wildman–Crippen LogP) is 5.40. The van der Waals surface area contributed by atoms with Gasteiger partial charge in [-0.3, -0.25) is 14.9 Å². The molecule has 1 fully saturated rings. The fourth-order valence-electron chi connectivity index (χ4n) is 4.83. The zero-order valence-electron chi connectivity index (χ0n) is 23.1. The van der Waals surface area contributed by atoms with Crippen molar-refractivity contribution in [2.75, 3.05) is 18.3 Å². The summed E-state index contributed by atoms with van der Waals surface area (Å²) in [7, 11) is 0. The van der Waals surface area contributed by atoms with E-state index in [2.05, 4.69) is 11.9 Å². The molecule has 2 heterocycles. The number of nitrogens with zero attached hydrogens (tertiary/aromatic N) is 1. The molecule has 2 aliphatic heterocycles. The standard InChI is InChI=1S/C32H30N2O7/c1-5-7-23-13-22(14-25-30(35)33-32(37)34(31(25)36)24-11-19(3)10-20(4)12-24)16-28(38-6-2)29(23)39-17-21-8-9-26-27(15-21)41-18-40-26/h5,8-16H,1,6-7,17-18H2,2-4H3,(H,33,35,37)/b25-14+. The quantitative estimate of drug-likeness (QED) is 0.214. The summed E-state index contributed by atoms with van der Waals surface area (Å²) in [5, 5.41) is 2.28. The third kappa shape index (κ3) is 5.79. The smallest absolute Gasteiger partial charge is 0.335 e. The van der Waals surface area contributed by atoms with Crippen LogP contribution < -0.4 is 29.2 Å². The molecule has 210 valence electrons. The molecule has 0 aliphatic carbocycles. The van der Waals surface area contributed by atoms with Crippen LogP contribution in [0, 0.1) is 13.8 Å². The fraction of sp³-hybridized carbons (Fsp3) is 0.219. The van der Waals surface area contributed by atoms with Crippen LogP contribution in [0.5, 0.6) is 23.0 Å². The molecule has 0 spiro atoms. The number of nitrogens with one attached hydrogen (secondary N) is 1. The van der Waals surface area contributed by atoms with Crippen LogP contribution in [0.4, 0.5) is 10.5 Å². The van der Waals surface area contributed by atoms with Crippen molar-refractivity contribution in [2.45, 2.75) is 33.8 Å². The Kier molecular flexibility index (Phi) is 7.78. The predicted molar refractivity (Wildman–Crippen MR) is 153 cm³/mol. The third-order valence-electron chi connectivity index (χ3n) is 6.52. The van der Waals surface area contributed by atoms with Gasteiger partial charge in [-0.2, -0.15) is 0 Å². The molecule has 3 aromatic rings. The van der Waals surface area contributed by atoms with Crippen molar-refractivity contribution in [1.29, 1.82) is 0 Å². The normalized spacial score (nSPS) is 15.2. The van der Waals surface area contributed by atoms with Gasteiger partial charge in [0.15, 0.2) is 23.0 Å². The Morgan fingerprint density at radius 1 is 0.976 bits per heavy atom. The van der Waals surface area contributed by atoms with E-state index in [-0.39, 0.29) is 19.0 Å². The molecule has 0 radical (unpaired) electrons. The van der Waals surface area contributed by atoms with Crippen LogP contribution in [0.3, 0.4) is 0 Å². The molecule has 0 unspecified atom stereocenters. The molecule has 9 heteroatoms. The summed E-state index contributed by atoms with van der Waals surface area (Å²) >= 11 is 0. The van der Waals surface area contributed by atoms with E-state index < -0.39 is 17.8 Å². The van der Waals surface area contributed by atoms with Crippen molar-refractivity contribution in [2.24, 2.45) is 0 Å². The van der Waals surface area contributed by atoms with E-state index >= 15 is 0 Å². The van der Waals surface area contributed by atoms with Gasteiger partial charge in [-0.05, 0) is 91.9 Å². The number of hydrogen-bond acceptors (Lipinski definition) is 7. The minimum Gasteiger partial charge on any atom is -0.490 e. The van der Waals surface area contributed by atoms with Crippen molar-refractivity contribution in [3.05, 3.63) is 94.6 Å². The number of imide groups is 2. The Labute approximate surface area is 238 Å². The van der Waals surface area contributed by atoms with Gasteiger partial charge in [-0.1, -0.05) is 18.2 Å². The number of barbiturate groups is 1. The van der Waals surface area contributed by atoms with Crippen LogP contribution in [0.2, 0.25) is 0 Å². The average molecular weight is 555 g/mol. The van der Waals surface area contributed by atoms with Crippen molar-refractivity contribution in [3.8, 4) is 23.0 Å². The maximum atomic E-state index is 13.5. The molecule has 4 amide bonds. The summed E-state index contributed by atoms with van der Waals surface area (Å²) in [5.41, 5.74) is 4.15. The Bertz CT molecular complexity index is 1570. The second kappa shape index (κ2) is 11.6. The number of ether oxygens (including phenoxy) is 4. The van der Waals surface area contributed by atoms with Crippen molar-refractivity contribution in [3.63, 3.8) is 0 Å². The zero-order valence-corrected chi connectivity index (χ0v) is 23.1. The first-order valence-electron chi connectivity index (χ1n) is 13.2. The highest BCUT2D eigenvalue weighted by Crippen LogP contribution is 2.37. The number of fused-ring (bicyclic) bond motifs is 1. The Morgan fingerprint density at radius 2 is 1.73 bits per heavy atom. The molecule has 0 aromatic heterocycles. The van der Waals surface area contributed by atoms with Gasteiger partial charge in [-0.15, -0.1) is 6.58 Å². The lowest BCUT2D eigenvalue weighted by Gasteiger charge is -2.27. The van der Waals surface area contributed by atoms with E-state index in [9.17, 15) is 14.4 Å². The van der Waals surface area contributed by atoms with Gasteiger partial charge in [0, 0.05) is 5.56 Å². The summed E-state index contributed by atoms with van der Waals surface area (Å²) in [6.45, 7) is 10.3. The molecule has 3 aromatic carbocycles. The van der Waals surface area contributed by atoms with E-state index in [4.69, 9.17) is 18.9 Å². The maximum absolute atomic E-state index is 13.5. The number of hydrogen-bond donors (Lipinski definition) is 1. The van der Waals surface area contributed by atoms with Gasteiger partial charge < -0.3 is 18.9 Å². The number of anilines is 1. The fourth-order valence-corrected chi connectivity index (χ4v) is 4.83. The summed E-state index contributed by atoms with van der Waals surface area (Å²) in [5.74, 6) is 0.839. The first-order valence-corrected chi connectivity index (χ1v) is 13.2. The van der Waals surface area contributed by atoms with Crippen LogP contribution in [0.1, 0.15) is 34.7 Å². The zero-order chi connectivity index (χ0) is 29.1. The molecular formula is C32H30N2O7. The van der Waals surface area contributed by atoms with Crippen molar-refractivity contribution in [1.82, 2.24) is 5.32 Å². The molecule has 1 N–H and O–H groups in total. The summed E-state index contributed by atoms with van der Waals surface area (Å²) < 4.78 is 23.0. The van der Waals surface area contributed by atoms with Crippen molar-refractivity contribution >= 4 is 29.6 Å². The lowest BCUT2D eigenvalue weighted by atomic mass is 10.0. The number of carbonyl (C=O) groups excluding carboxylic acids is 3. The summed E-state index contributed by atoms with van der Waals surface area (Å²) in [4.78, 5) is 40.0. The number of amides is 4. The van der Waals surface area contributed by atoms with Gasteiger partial charge >= 0.3 is 6.03 Å². The average Bonchev–Trinajstić information content (AvgIpc) is 3.38. The van der Waals surface area contributed by atoms with Crippen LogP contribution in [-0.2, 0) is 22.6 Å². The summed E-state index contributed by atoms with van der Waals surface area (Å²) in [6.07, 6.45) is 3.63. The maximum Gasteiger partial charge on any atom is 0.335 e. The molecule has 41 heavy (non-hydrogen) atoms. The first-order chi connectivity index (χ1) is 19.8. The Balaban J connectivity index is 1.49. The first kappa shape index (κ1) is 27.5. The molecule has 9 nitrogen and oxygen atoms in total. The van der Waals surface area contributed by atoms with Crippen LogP contribution in [-0.4, -0.2) is 31.2 Å². The molecule has 1 saturated heterocycles. The van der Waals surface area contributed by atoms with E-state index in [0.717, 1.165) is 27.2 Å². The lowest BCUT2D eigenvalue weighted by Crippen LogP contribution is -2.54. The highest BCUT2D eigenvalue weighted by molar-refractivity contribution is 6.39. The van der Waals surface area contributed by atoms with Crippen molar-refractivity contribution < 1.29 is 33.3 Å². The van der Waals surface area contributed by atoms with Crippen LogP contribution >= 0.6 is 0 Å². The third-order valence-corrected chi connectivity index (χ3v) is 6.52. The monoisotopic (exact) mass is 554 g/mol. The van der Waals surface area contributed by atoms with Gasteiger partial charge in [0.05, 0.1) is 12.3 Å². The van der Waals surface area contributed by atoms with E-state index in [1.165, 1.54) is 6.08 Å². The Hall–Kier alpha value is -5.05. The number of carbonyl (C=O) groups is 3. The topological polar surface area (TPSA) is 103 Å². The summed E-state index contributed by atoms with van der Waals surface area (Å²) in [6, 6.07) is 13.7. The second-order valence-corrected chi connectivity index (χ2v) is 9.71. The van der Waals surface area contributed by atoms with Crippen LogP contribution in [0.15, 0.2) is 66.8 Å². The van der Waals surface area contributed by atoms with Gasteiger partial charge in [0.25, 0.3) is 11.8 Å². The second-order valence-electron chi connectivity index (χ2n) is 9.71. The lowest BCUT2D eigenvalue weighted by molar-refractivity contribution is -0.122.